The van der Waals surface area contributed by atoms with Crippen LogP contribution in [-0.4, -0.2) is 24.8 Å². The predicted molar refractivity (Wildman–Crippen MR) is 128 cm³/mol. The summed E-state index contributed by atoms with van der Waals surface area (Å²) in [5, 5.41) is 7.74. The summed E-state index contributed by atoms with van der Waals surface area (Å²) in [6.07, 6.45) is 1.93. The zero-order valence-electron chi connectivity index (χ0n) is 18.2. The lowest BCUT2D eigenvalue weighted by molar-refractivity contribution is -0.121. The standard InChI is InChI=1S/C26H23N5O2/c1-29-22-14-8-9-15-23(22)30(26(29)33)18-24(32)27-16-20-17-31(21-12-6-3-7-13-21)28-25(20)19-10-4-2-5-11-19/h2-15,17H,16,18H2,1H3,(H,27,32). The molecule has 0 aliphatic heterocycles. The number of para-hydroxylation sites is 3. The molecule has 0 spiro atoms. The van der Waals surface area contributed by atoms with Crippen LogP contribution in [0.5, 0.6) is 0 Å². The number of nitrogens with one attached hydrogen (secondary N) is 1. The quantitative estimate of drug-likeness (QED) is 0.442. The molecule has 5 aromatic rings. The topological polar surface area (TPSA) is 73.8 Å². The number of nitrogens with zero attached hydrogens (tertiary/aromatic N) is 4. The van der Waals surface area contributed by atoms with Crippen LogP contribution in [0.15, 0.2) is 95.9 Å². The second-order valence-corrected chi connectivity index (χ2v) is 7.84. The van der Waals surface area contributed by atoms with E-state index >= 15 is 0 Å². The molecule has 7 heteroatoms. The van der Waals surface area contributed by atoms with Crippen LogP contribution >= 0.6 is 0 Å². The van der Waals surface area contributed by atoms with Crippen molar-refractivity contribution >= 4 is 16.9 Å². The van der Waals surface area contributed by atoms with E-state index in [2.05, 4.69) is 5.32 Å². The third-order valence-electron chi connectivity index (χ3n) is 5.69. The smallest absolute Gasteiger partial charge is 0.329 e. The minimum Gasteiger partial charge on any atom is -0.350 e. The van der Waals surface area contributed by atoms with Gasteiger partial charge in [-0.1, -0.05) is 60.7 Å². The third-order valence-corrected chi connectivity index (χ3v) is 5.69. The van der Waals surface area contributed by atoms with Gasteiger partial charge in [0.25, 0.3) is 0 Å². The molecule has 164 valence electrons. The lowest BCUT2D eigenvalue weighted by Crippen LogP contribution is -2.32. The van der Waals surface area contributed by atoms with Gasteiger partial charge >= 0.3 is 5.69 Å². The second kappa shape index (κ2) is 8.63. The molecule has 0 saturated heterocycles. The molecule has 0 saturated carbocycles. The molecule has 0 unspecified atom stereocenters. The van der Waals surface area contributed by atoms with Crippen LogP contribution in [0, 0.1) is 0 Å². The van der Waals surface area contributed by atoms with Crippen molar-refractivity contribution in [3.63, 3.8) is 0 Å². The maximum Gasteiger partial charge on any atom is 0.329 e. The first-order valence-electron chi connectivity index (χ1n) is 10.7. The molecule has 1 N–H and O–H groups in total. The SMILES string of the molecule is Cn1c(=O)n(CC(=O)NCc2cn(-c3ccccc3)nc2-c2ccccc2)c2ccccc21. The highest BCUT2D eigenvalue weighted by Gasteiger charge is 2.16. The first-order chi connectivity index (χ1) is 16.1. The van der Waals surface area contributed by atoms with Gasteiger partial charge in [0.15, 0.2) is 0 Å². The zero-order chi connectivity index (χ0) is 22.8. The lowest BCUT2D eigenvalue weighted by atomic mass is 10.1. The van der Waals surface area contributed by atoms with Crippen molar-refractivity contribution in [2.45, 2.75) is 13.1 Å². The van der Waals surface area contributed by atoms with Gasteiger partial charge in [-0.25, -0.2) is 9.48 Å². The zero-order valence-corrected chi connectivity index (χ0v) is 18.2. The maximum atomic E-state index is 12.8. The molecule has 2 aromatic heterocycles. The van der Waals surface area contributed by atoms with Crippen molar-refractivity contribution in [2.24, 2.45) is 7.05 Å². The van der Waals surface area contributed by atoms with E-state index in [1.165, 1.54) is 4.57 Å². The maximum absolute atomic E-state index is 12.8. The normalized spacial score (nSPS) is 11.1. The van der Waals surface area contributed by atoms with Gasteiger partial charge in [-0.05, 0) is 24.3 Å². The first kappa shape index (κ1) is 20.5. The van der Waals surface area contributed by atoms with Crippen molar-refractivity contribution in [3.05, 3.63) is 107 Å². The molecule has 0 atom stereocenters. The number of hydrogen-bond acceptors (Lipinski definition) is 3. The van der Waals surface area contributed by atoms with Gasteiger partial charge in [0.2, 0.25) is 5.91 Å². The Bertz CT molecular complexity index is 1480. The Balaban J connectivity index is 1.40. The van der Waals surface area contributed by atoms with Crippen molar-refractivity contribution in [2.75, 3.05) is 0 Å². The highest BCUT2D eigenvalue weighted by Crippen LogP contribution is 2.23. The molecule has 0 fully saturated rings. The number of aromatic nitrogens is 4. The Hall–Kier alpha value is -4.39. The summed E-state index contributed by atoms with van der Waals surface area (Å²) in [5.74, 6) is -0.236. The fourth-order valence-electron chi connectivity index (χ4n) is 4.00. The summed E-state index contributed by atoms with van der Waals surface area (Å²) < 4.78 is 4.87. The van der Waals surface area contributed by atoms with Gasteiger partial charge in [0, 0.05) is 30.9 Å². The largest absolute Gasteiger partial charge is 0.350 e. The minimum atomic E-state index is -0.236. The Morgan fingerprint density at radius 1 is 0.879 bits per heavy atom. The van der Waals surface area contributed by atoms with E-state index in [1.54, 1.807) is 11.6 Å². The van der Waals surface area contributed by atoms with Crippen LogP contribution in [0.25, 0.3) is 28.0 Å². The lowest BCUT2D eigenvalue weighted by Gasteiger charge is -2.07. The fraction of sp³-hybridized carbons (Fsp3) is 0.115. The summed E-state index contributed by atoms with van der Waals surface area (Å²) in [5.41, 5.74) is 4.93. The van der Waals surface area contributed by atoms with Gasteiger partial charge in [-0.15, -0.1) is 0 Å². The van der Waals surface area contributed by atoms with E-state index in [0.717, 1.165) is 33.5 Å². The van der Waals surface area contributed by atoms with Crippen LogP contribution in [-0.2, 0) is 24.9 Å². The van der Waals surface area contributed by atoms with Gasteiger partial charge in [-0.2, -0.15) is 5.10 Å². The van der Waals surface area contributed by atoms with E-state index in [4.69, 9.17) is 5.10 Å². The number of amides is 1. The summed E-state index contributed by atoms with van der Waals surface area (Å²) >= 11 is 0. The van der Waals surface area contributed by atoms with Crippen LogP contribution < -0.4 is 11.0 Å². The monoisotopic (exact) mass is 437 g/mol. The minimum absolute atomic E-state index is 0.0479. The van der Waals surface area contributed by atoms with Crippen LogP contribution in [0.1, 0.15) is 5.56 Å². The van der Waals surface area contributed by atoms with Crippen molar-refractivity contribution < 1.29 is 4.79 Å². The molecule has 0 aliphatic carbocycles. The molecule has 2 heterocycles. The summed E-state index contributed by atoms with van der Waals surface area (Å²) in [6, 6.07) is 27.2. The average Bonchev–Trinajstić information content (AvgIpc) is 3.40. The number of aryl methyl sites for hydroxylation is 1. The molecule has 7 nitrogen and oxygen atoms in total. The van der Waals surface area contributed by atoms with Crippen LogP contribution in [0.2, 0.25) is 0 Å². The fourth-order valence-corrected chi connectivity index (χ4v) is 4.00. The average molecular weight is 438 g/mol. The number of carbonyl (C=O) groups is 1. The number of fused-ring (bicyclic) bond motifs is 1. The van der Waals surface area contributed by atoms with Crippen LogP contribution in [0.4, 0.5) is 0 Å². The van der Waals surface area contributed by atoms with Crippen molar-refractivity contribution in [1.29, 1.82) is 0 Å². The molecule has 0 bridgehead atoms. The Morgan fingerprint density at radius 3 is 2.24 bits per heavy atom. The molecular weight excluding hydrogens is 414 g/mol. The molecule has 3 aromatic carbocycles. The van der Waals surface area contributed by atoms with E-state index in [1.807, 2.05) is 95.8 Å². The predicted octanol–water partition coefficient (Wildman–Crippen LogP) is 3.51. The van der Waals surface area contributed by atoms with Gasteiger partial charge in [0.1, 0.15) is 6.54 Å². The highest BCUT2D eigenvalue weighted by molar-refractivity contribution is 5.81. The Kier molecular flexibility index (Phi) is 5.36. The summed E-state index contributed by atoms with van der Waals surface area (Å²) in [4.78, 5) is 25.4. The molecule has 0 radical (unpaired) electrons. The number of benzene rings is 3. The summed E-state index contributed by atoms with van der Waals surface area (Å²) in [7, 11) is 1.71. The number of carbonyl (C=O) groups excluding carboxylic acids is 1. The van der Waals surface area contributed by atoms with Gasteiger partial charge in [-0.3, -0.25) is 13.9 Å². The molecule has 1 amide bonds. The van der Waals surface area contributed by atoms with Crippen molar-refractivity contribution in [1.82, 2.24) is 24.2 Å². The Labute approximate surface area is 190 Å². The Morgan fingerprint density at radius 2 is 1.52 bits per heavy atom. The number of imidazole rings is 1. The van der Waals surface area contributed by atoms with E-state index in [-0.39, 0.29) is 18.1 Å². The van der Waals surface area contributed by atoms with E-state index < -0.39 is 0 Å². The molecule has 0 aliphatic rings. The highest BCUT2D eigenvalue weighted by atomic mass is 16.2. The molecular formula is C26H23N5O2. The van der Waals surface area contributed by atoms with Gasteiger partial charge in [0.05, 0.1) is 22.4 Å². The third kappa shape index (κ3) is 3.96. The van der Waals surface area contributed by atoms with Crippen LogP contribution in [0.3, 0.4) is 0 Å². The van der Waals surface area contributed by atoms with E-state index in [0.29, 0.717) is 6.54 Å². The number of rotatable bonds is 6. The summed E-state index contributed by atoms with van der Waals surface area (Å²) in [6.45, 7) is 0.253. The molecule has 33 heavy (non-hydrogen) atoms. The first-order valence-corrected chi connectivity index (χ1v) is 10.7. The van der Waals surface area contributed by atoms with E-state index in [9.17, 15) is 9.59 Å². The van der Waals surface area contributed by atoms with Gasteiger partial charge < -0.3 is 5.32 Å². The molecule has 5 rings (SSSR count). The second-order valence-electron chi connectivity index (χ2n) is 7.84. The number of hydrogen-bond donors (Lipinski definition) is 1. The van der Waals surface area contributed by atoms with Crippen molar-refractivity contribution in [3.8, 4) is 16.9 Å².